The number of carbonyl (C=O) groups is 2. The molecule has 5 rings (SSSR count). The standard InChI is InChI=1S/C27H21ClFN3O5S2/c28-22-10-7-19(13-24(22)39(35,36)32-12-11-17-3-1-2-4-20(17)14-32)26(34)37-15-25(33)31-27-30-23(16-38-27)18-5-8-21(29)9-6-18/h1-10,13,16H,11-12,14-15H2,(H,30,31,33). The average molecular weight is 586 g/mol. The highest BCUT2D eigenvalue weighted by atomic mass is 35.5. The van der Waals surface area contributed by atoms with E-state index in [1.807, 2.05) is 24.3 Å². The van der Waals surface area contributed by atoms with Crippen molar-refractivity contribution in [3.8, 4) is 11.3 Å². The number of sulfonamides is 1. The van der Waals surface area contributed by atoms with Crippen molar-refractivity contribution in [2.45, 2.75) is 17.9 Å². The van der Waals surface area contributed by atoms with Gasteiger partial charge < -0.3 is 4.74 Å². The number of fused-ring (bicyclic) bond motifs is 1. The first-order valence-corrected chi connectivity index (χ1v) is 14.5. The predicted octanol–water partition coefficient (Wildman–Crippen LogP) is 5.15. The second-order valence-electron chi connectivity index (χ2n) is 8.67. The van der Waals surface area contributed by atoms with Crippen molar-refractivity contribution in [3.05, 3.63) is 99.6 Å². The van der Waals surface area contributed by atoms with E-state index < -0.39 is 28.5 Å². The minimum Gasteiger partial charge on any atom is -0.452 e. The molecule has 0 unspecified atom stereocenters. The molecule has 0 saturated carbocycles. The first-order chi connectivity index (χ1) is 18.7. The summed E-state index contributed by atoms with van der Waals surface area (Å²) in [5.74, 6) is -1.88. The number of nitrogens with zero attached hydrogens (tertiary/aromatic N) is 2. The summed E-state index contributed by atoms with van der Waals surface area (Å²) in [6, 6.07) is 17.2. The minimum absolute atomic E-state index is 0.0242. The Morgan fingerprint density at radius 3 is 2.59 bits per heavy atom. The Balaban J connectivity index is 1.22. The van der Waals surface area contributed by atoms with Gasteiger partial charge in [0.1, 0.15) is 10.7 Å². The largest absolute Gasteiger partial charge is 0.452 e. The average Bonchev–Trinajstić information content (AvgIpc) is 3.40. The summed E-state index contributed by atoms with van der Waals surface area (Å²) in [6.45, 7) is -0.134. The van der Waals surface area contributed by atoms with Crippen LogP contribution in [0.25, 0.3) is 11.3 Å². The number of nitrogens with one attached hydrogen (secondary N) is 1. The monoisotopic (exact) mass is 585 g/mol. The van der Waals surface area contributed by atoms with E-state index in [4.69, 9.17) is 16.3 Å². The van der Waals surface area contributed by atoms with Crippen LogP contribution in [0.1, 0.15) is 21.5 Å². The highest BCUT2D eigenvalue weighted by Gasteiger charge is 2.30. The van der Waals surface area contributed by atoms with Gasteiger partial charge in [0, 0.05) is 24.0 Å². The summed E-state index contributed by atoms with van der Waals surface area (Å²) >= 11 is 7.39. The first kappa shape index (κ1) is 26.9. The van der Waals surface area contributed by atoms with E-state index in [1.54, 1.807) is 17.5 Å². The second-order valence-corrected chi connectivity index (χ2v) is 11.8. The maximum atomic E-state index is 13.4. The molecule has 1 aromatic heterocycles. The summed E-state index contributed by atoms with van der Waals surface area (Å²) in [4.78, 5) is 29.1. The first-order valence-electron chi connectivity index (χ1n) is 11.8. The van der Waals surface area contributed by atoms with E-state index in [-0.39, 0.29) is 39.5 Å². The fourth-order valence-corrected chi connectivity index (χ4v) is 6.75. The number of anilines is 1. The van der Waals surface area contributed by atoms with Gasteiger partial charge in [-0.2, -0.15) is 4.31 Å². The summed E-state index contributed by atoms with van der Waals surface area (Å²) in [5, 5.41) is 4.49. The van der Waals surface area contributed by atoms with Gasteiger partial charge in [-0.15, -0.1) is 11.3 Å². The Labute approximate surface area is 233 Å². The van der Waals surface area contributed by atoms with Crippen LogP contribution in [0, 0.1) is 5.82 Å². The Bertz CT molecular complexity index is 1660. The van der Waals surface area contributed by atoms with Crippen LogP contribution < -0.4 is 5.32 Å². The Morgan fingerprint density at radius 1 is 1.08 bits per heavy atom. The SMILES string of the molecule is O=C(COC(=O)c1ccc(Cl)c(S(=O)(=O)N2CCc3ccccc3C2)c1)Nc1nc(-c2ccc(F)cc2)cs1. The van der Waals surface area contributed by atoms with Crippen molar-refractivity contribution in [1.29, 1.82) is 0 Å². The Morgan fingerprint density at radius 2 is 1.82 bits per heavy atom. The van der Waals surface area contributed by atoms with E-state index in [9.17, 15) is 22.4 Å². The molecule has 0 saturated heterocycles. The molecule has 4 aromatic rings. The maximum Gasteiger partial charge on any atom is 0.338 e. The third-order valence-corrected chi connectivity index (χ3v) is 9.19. The number of aromatic nitrogens is 1. The van der Waals surface area contributed by atoms with E-state index in [0.29, 0.717) is 17.7 Å². The molecule has 1 amide bonds. The van der Waals surface area contributed by atoms with Crippen LogP contribution in [0.15, 0.2) is 77.0 Å². The quantitative estimate of drug-likeness (QED) is 0.301. The molecule has 0 fully saturated rings. The summed E-state index contributed by atoms with van der Waals surface area (Å²) in [5.41, 5.74) is 3.18. The number of benzene rings is 3. The zero-order chi connectivity index (χ0) is 27.6. The van der Waals surface area contributed by atoms with Crippen LogP contribution in [-0.2, 0) is 32.5 Å². The molecule has 0 spiro atoms. The van der Waals surface area contributed by atoms with Crippen LogP contribution in [0.2, 0.25) is 5.02 Å². The molecule has 12 heteroatoms. The van der Waals surface area contributed by atoms with Crippen LogP contribution in [0.4, 0.5) is 9.52 Å². The van der Waals surface area contributed by atoms with Gasteiger partial charge in [-0.1, -0.05) is 35.9 Å². The van der Waals surface area contributed by atoms with Crippen molar-refractivity contribution in [2.24, 2.45) is 0 Å². The van der Waals surface area contributed by atoms with Gasteiger partial charge in [0.05, 0.1) is 16.3 Å². The highest BCUT2D eigenvalue weighted by Crippen LogP contribution is 2.30. The zero-order valence-electron chi connectivity index (χ0n) is 20.3. The highest BCUT2D eigenvalue weighted by molar-refractivity contribution is 7.89. The molecule has 0 bridgehead atoms. The molecular weight excluding hydrogens is 565 g/mol. The van der Waals surface area contributed by atoms with Gasteiger partial charge in [-0.3, -0.25) is 10.1 Å². The lowest BCUT2D eigenvalue weighted by Gasteiger charge is -2.28. The zero-order valence-corrected chi connectivity index (χ0v) is 22.7. The molecule has 2 heterocycles. The summed E-state index contributed by atoms with van der Waals surface area (Å²) in [7, 11) is -4.00. The van der Waals surface area contributed by atoms with Crippen LogP contribution in [0.3, 0.4) is 0 Å². The molecule has 1 aliphatic rings. The molecule has 8 nitrogen and oxygen atoms in total. The minimum atomic E-state index is -4.00. The molecule has 0 radical (unpaired) electrons. The van der Waals surface area contributed by atoms with E-state index in [1.165, 1.54) is 28.6 Å². The second kappa shape index (κ2) is 11.2. The molecule has 1 N–H and O–H groups in total. The van der Waals surface area contributed by atoms with E-state index in [0.717, 1.165) is 28.5 Å². The molecule has 0 aliphatic carbocycles. The number of ether oxygens (including phenoxy) is 1. The van der Waals surface area contributed by atoms with Crippen molar-refractivity contribution < 1.29 is 27.1 Å². The molecule has 200 valence electrons. The lowest BCUT2D eigenvalue weighted by Crippen LogP contribution is -2.36. The fraction of sp³-hybridized carbons (Fsp3) is 0.148. The van der Waals surface area contributed by atoms with Crippen molar-refractivity contribution in [3.63, 3.8) is 0 Å². The van der Waals surface area contributed by atoms with Crippen molar-refractivity contribution in [1.82, 2.24) is 9.29 Å². The van der Waals surface area contributed by atoms with Gasteiger partial charge in [0.15, 0.2) is 11.7 Å². The third kappa shape index (κ3) is 6.01. The van der Waals surface area contributed by atoms with Gasteiger partial charge in [0.2, 0.25) is 10.0 Å². The van der Waals surface area contributed by atoms with Crippen LogP contribution in [-0.4, -0.2) is 42.7 Å². The number of halogens is 2. The Kier molecular flexibility index (Phi) is 7.76. The number of hydrogen-bond donors (Lipinski definition) is 1. The fourth-order valence-electron chi connectivity index (χ4n) is 4.10. The van der Waals surface area contributed by atoms with Crippen LogP contribution >= 0.6 is 22.9 Å². The summed E-state index contributed by atoms with van der Waals surface area (Å²) in [6.07, 6.45) is 0.564. The van der Waals surface area contributed by atoms with Gasteiger partial charge in [-0.25, -0.2) is 22.6 Å². The van der Waals surface area contributed by atoms with E-state index >= 15 is 0 Å². The van der Waals surface area contributed by atoms with Crippen molar-refractivity contribution in [2.75, 3.05) is 18.5 Å². The third-order valence-electron chi connectivity index (χ3n) is 6.11. The van der Waals surface area contributed by atoms with E-state index in [2.05, 4.69) is 10.3 Å². The molecule has 0 atom stereocenters. The topological polar surface area (TPSA) is 106 Å². The predicted molar refractivity (Wildman–Crippen MR) is 146 cm³/mol. The number of esters is 1. The number of hydrogen-bond acceptors (Lipinski definition) is 7. The smallest absolute Gasteiger partial charge is 0.338 e. The molecule has 3 aromatic carbocycles. The van der Waals surface area contributed by atoms with Crippen molar-refractivity contribution >= 4 is 50.0 Å². The maximum absolute atomic E-state index is 13.4. The number of thiazole rings is 1. The van der Waals surface area contributed by atoms with Gasteiger partial charge in [0.25, 0.3) is 5.91 Å². The Hall–Kier alpha value is -3.64. The normalized spacial score (nSPS) is 13.5. The molecular formula is C27H21ClFN3O5S2. The molecule has 39 heavy (non-hydrogen) atoms. The summed E-state index contributed by atoms with van der Waals surface area (Å²) < 4.78 is 46.3. The number of amides is 1. The van der Waals surface area contributed by atoms with Gasteiger partial charge >= 0.3 is 5.97 Å². The van der Waals surface area contributed by atoms with Crippen LogP contribution in [0.5, 0.6) is 0 Å². The lowest BCUT2D eigenvalue weighted by molar-refractivity contribution is -0.119. The molecule has 1 aliphatic heterocycles. The van der Waals surface area contributed by atoms with Gasteiger partial charge in [-0.05, 0) is 60.0 Å². The number of carbonyl (C=O) groups excluding carboxylic acids is 2. The lowest BCUT2D eigenvalue weighted by atomic mass is 10.0. The number of rotatable bonds is 7.